The Morgan fingerprint density at radius 3 is 1.11 bits per heavy atom. The molecule has 0 aromatic carbocycles. The van der Waals surface area contributed by atoms with Crippen LogP contribution < -0.4 is 10.9 Å². The highest BCUT2D eigenvalue weighted by Gasteiger charge is 2.10. The Labute approximate surface area is 351 Å². The standard InChI is InChI=1S/C45H95N3.C2H2O.CH2O2.CH2O/c1-6-10-13-16-20-28-37-45(38-29-21-17-14-11-7-2)39-30-23-19-25-32-42-48(43-33-40-47-46-5)41-31-24-18-22-27-36-44(34-9-4)35-26-15-12-8-3;1-2-3;2-1-3;1-2/h44-47H,6-43H2,1-5H3;1,3H;1H,(H,2,3);1H2. The average molecular weight is 796 g/mol. The number of aliphatic hydroxyl groups is 1. The second-order valence-corrected chi connectivity index (χ2v) is 16.2. The van der Waals surface area contributed by atoms with E-state index < -0.39 is 0 Å². The molecule has 56 heavy (non-hydrogen) atoms. The molecule has 0 saturated carbocycles. The minimum absolute atomic E-state index is 0.250. The molecule has 4 N–H and O–H groups in total. The molecule has 0 aliphatic rings. The summed E-state index contributed by atoms with van der Waals surface area (Å²) in [5.74, 6) is 2.02. The van der Waals surface area contributed by atoms with Crippen LogP contribution in [0.4, 0.5) is 0 Å². The normalized spacial score (nSPS) is 11.2. The van der Waals surface area contributed by atoms with Crippen molar-refractivity contribution in [3.8, 4) is 12.5 Å². The van der Waals surface area contributed by atoms with Crippen LogP contribution in [0.3, 0.4) is 0 Å². The summed E-state index contributed by atoms with van der Waals surface area (Å²) in [6.45, 7) is 16.1. The summed E-state index contributed by atoms with van der Waals surface area (Å²) in [6, 6.07) is 0. The van der Waals surface area contributed by atoms with Gasteiger partial charge in [0, 0.05) is 6.54 Å². The van der Waals surface area contributed by atoms with Gasteiger partial charge in [-0.2, -0.15) is 0 Å². The van der Waals surface area contributed by atoms with Crippen LogP contribution in [-0.2, 0) is 9.59 Å². The Balaban J connectivity index is -0.00000155. The molecule has 0 fully saturated rings. The first kappa shape index (κ1) is 61.0. The van der Waals surface area contributed by atoms with Gasteiger partial charge >= 0.3 is 0 Å². The zero-order valence-electron chi connectivity index (χ0n) is 38.5. The Morgan fingerprint density at radius 1 is 0.518 bits per heavy atom. The van der Waals surface area contributed by atoms with Crippen LogP contribution in [0.5, 0.6) is 0 Å². The molecular formula is C49H101N3O4. The van der Waals surface area contributed by atoms with Gasteiger partial charge in [-0.05, 0) is 57.8 Å². The number of hydrazine groups is 1. The fourth-order valence-electron chi connectivity index (χ4n) is 8.01. The predicted molar refractivity (Wildman–Crippen MR) is 247 cm³/mol. The Bertz CT molecular complexity index is 704. The maximum Gasteiger partial charge on any atom is 0.290 e. The van der Waals surface area contributed by atoms with Crippen molar-refractivity contribution in [3.05, 3.63) is 0 Å². The molecule has 0 heterocycles. The van der Waals surface area contributed by atoms with Gasteiger partial charge in [0.2, 0.25) is 0 Å². The van der Waals surface area contributed by atoms with E-state index in [1.54, 1.807) is 0 Å². The number of carboxylic acid groups (broad SMARTS) is 1. The summed E-state index contributed by atoms with van der Waals surface area (Å²) in [4.78, 5) is 19.2. The summed E-state index contributed by atoms with van der Waals surface area (Å²) >= 11 is 0. The lowest BCUT2D eigenvalue weighted by Gasteiger charge is -2.22. The van der Waals surface area contributed by atoms with Crippen LogP contribution in [0.1, 0.15) is 246 Å². The minimum Gasteiger partial charge on any atom is -0.483 e. The maximum absolute atomic E-state index is 8.36. The second kappa shape index (κ2) is 60.1. The summed E-state index contributed by atoms with van der Waals surface area (Å²) in [7, 11) is 1.99. The zero-order chi connectivity index (χ0) is 42.4. The van der Waals surface area contributed by atoms with Gasteiger partial charge in [-0.3, -0.25) is 15.6 Å². The Morgan fingerprint density at radius 2 is 0.786 bits per heavy atom. The first-order valence-corrected chi connectivity index (χ1v) is 24.1. The number of hydrogen-bond donors (Lipinski definition) is 4. The van der Waals surface area contributed by atoms with Gasteiger partial charge in [0.15, 0.2) is 0 Å². The van der Waals surface area contributed by atoms with E-state index in [9.17, 15) is 0 Å². The van der Waals surface area contributed by atoms with Crippen LogP contribution in [0.25, 0.3) is 0 Å². The van der Waals surface area contributed by atoms with E-state index in [2.05, 4.69) is 49.9 Å². The molecule has 0 aliphatic carbocycles. The molecule has 0 radical (unpaired) electrons. The van der Waals surface area contributed by atoms with Crippen molar-refractivity contribution in [2.75, 3.05) is 33.2 Å². The smallest absolute Gasteiger partial charge is 0.290 e. The number of carbonyl (C=O) groups excluding carboxylic acids is 1. The van der Waals surface area contributed by atoms with Crippen LogP contribution in [0, 0.1) is 24.4 Å². The van der Waals surface area contributed by atoms with E-state index in [4.69, 9.17) is 19.8 Å². The van der Waals surface area contributed by atoms with Crippen LogP contribution >= 0.6 is 0 Å². The van der Waals surface area contributed by atoms with Crippen molar-refractivity contribution in [1.29, 1.82) is 0 Å². The third-order valence-corrected chi connectivity index (χ3v) is 11.2. The first-order chi connectivity index (χ1) is 27.5. The number of nitrogens with one attached hydrogen (secondary N) is 2. The lowest BCUT2D eigenvalue weighted by molar-refractivity contribution is -0.122. The number of carbonyl (C=O) groups is 2. The number of aliphatic hydroxyl groups excluding tert-OH is 1. The van der Waals surface area contributed by atoms with Crippen molar-refractivity contribution >= 4 is 13.3 Å². The van der Waals surface area contributed by atoms with Gasteiger partial charge in [0.1, 0.15) is 12.9 Å². The Kier molecular flexibility index (Phi) is 65.5. The third kappa shape index (κ3) is 56.7. The van der Waals surface area contributed by atoms with Crippen LogP contribution in [0.15, 0.2) is 0 Å². The first-order valence-electron chi connectivity index (χ1n) is 24.1. The third-order valence-electron chi connectivity index (χ3n) is 11.2. The summed E-state index contributed by atoms with van der Waals surface area (Å²) in [6.07, 6.45) is 54.5. The molecule has 7 heteroatoms. The SMILES string of the molecule is C#CO.C=O.CCCCCCCCC(CCCCCCCC)CCCCCCCN(CCCCCCCC(CCC)CCCCCC)CCCNNC.O=CO. The number of nitrogens with zero attached hydrogens (tertiary/aromatic N) is 1. The molecule has 0 saturated heterocycles. The maximum atomic E-state index is 8.36. The molecule has 0 rings (SSSR count). The zero-order valence-corrected chi connectivity index (χ0v) is 38.5. The molecule has 7 nitrogen and oxygen atoms in total. The highest BCUT2D eigenvalue weighted by atomic mass is 16.3. The molecular weight excluding hydrogens is 695 g/mol. The molecule has 0 spiro atoms. The lowest BCUT2D eigenvalue weighted by atomic mass is 9.89. The summed E-state index contributed by atoms with van der Waals surface area (Å²) in [5, 5.41) is 14.0. The highest BCUT2D eigenvalue weighted by molar-refractivity contribution is 5.32. The topological polar surface area (TPSA) is 102 Å². The van der Waals surface area contributed by atoms with Crippen molar-refractivity contribution < 1.29 is 19.8 Å². The van der Waals surface area contributed by atoms with Gasteiger partial charge < -0.3 is 19.9 Å². The number of terminal acetylenes is 1. The van der Waals surface area contributed by atoms with E-state index in [1.807, 2.05) is 13.8 Å². The molecule has 0 bridgehead atoms. The predicted octanol–water partition coefficient (Wildman–Crippen LogP) is 14.1. The molecule has 1 unspecified atom stereocenters. The van der Waals surface area contributed by atoms with Crippen molar-refractivity contribution in [3.63, 3.8) is 0 Å². The molecule has 336 valence electrons. The van der Waals surface area contributed by atoms with Crippen molar-refractivity contribution in [2.45, 2.75) is 246 Å². The Hall–Kier alpha value is -1.62. The quantitative estimate of drug-likeness (QED) is 0.0211. The van der Waals surface area contributed by atoms with Gasteiger partial charge in [0.05, 0.1) is 0 Å². The largest absolute Gasteiger partial charge is 0.483 e. The van der Waals surface area contributed by atoms with Gasteiger partial charge in [0.25, 0.3) is 6.47 Å². The molecule has 0 amide bonds. The van der Waals surface area contributed by atoms with Gasteiger partial charge in [-0.15, -0.1) is 0 Å². The van der Waals surface area contributed by atoms with Crippen molar-refractivity contribution in [2.24, 2.45) is 11.8 Å². The van der Waals surface area contributed by atoms with Crippen LogP contribution in [-0.4, -0.2) is 61.6 Å². The van der Waals surface area contributed by atoms with E-state index in [1.165, 1.54) is 244 Å². The molecule has 0 aromatic rings. The van der Waals surface area contributed by atoms with Crippen molar-refractivity contribution in [1.82, 2.24) is 15.8 Å². The number of unbranched alkanes of at least 4 members (excludes halogenated alkanes) is 21. The van der Waals surface area contributed by atoms with E-state index in [0.29, 0.717) is 0 Å². The van der Waals surface area contributed by atoms with Gasteiger partial charge in [-0.1, -0.05) is 233 Å². The number of hydrogen-bond acceptors (Lipinski definition) is 6. The fourth-order valence-corrected chi connectivity index (χ4v) is 8.01. The van der Waals surface area contributed by atoms with E-state index in [0.717, 1.165) is 18.4 Å². The minimum atomic E-state index is -0.250. The summed E-state index contributed by atoms with van der Waals surface area (Å²) in [5.41, 5.74) is 6.40. The van der Waals surface area contributed by atoms with Gasteiger partial charge in [-0.25, -0.2) is 0 Å². The second-order valence-electron chi connectivity index (χ2n) is 16.2. The highest BCUT2D eigenvalue weighted by Crippen LogP contribution is 2.25. The fraction of sp³-hybridized carbons (Fsp3) is 0.918. The monoisotopic (exact) mass is 796 g/mol. The van der Waals surface area contributed by atoms with E-state index in [-0.39, 0.29) is 6.47 Å². The average Bonchev–Trinajstić information content (AvgIpc) is 3.20. The summed E-state index contributed by atoms with van der Waals surface area (Å²) < 4.78 is 0. The molecule has 0 aromatic heterocycles. The lowest BCUT2D eigenvalue weighted by Crippen LogP contribution is -2.33. The van der Waals surface area contributed by atoms with E-state index >= 15 is 0 Å². The molecule has 1 atom stereocenters. The molecule has 0 aliphatic heterocycles. The number of rotatable bonds is 42. The van der Waals surface area contributed by atoms with Crippen LogP contribution in [0.2, 0.25) is 0 Å².